The van der Waals surface area contributed by atoms with Gasteiger partial charge in [0, 0.05) is 26.6 Å². The number of likely N-dealkylation sites (N-methyl/N-ethyl adjacent to an activating group) is 2. The average Bonchev–Trinajstić information content (AvgIpc) is 2.73. The van der Waals surface area contributed by atoms with Crippen molar-refractivity contribution in [2.75, 3.05) is 14.1 Å². The Bertz CT molecular complexity index is 1120. The molecule has 2 amide bonds. The Morgan fingerprint density at radius 3 is 2.26 bits per heavy atom. The molecule has 1 heterocycles. The van der Waals surface area contributed by atoms with Crippen LogP contribution in [0, 0.1) is 27.6 Å². The normalized spacial score (nSPS) is 20.5. The Morgan fingerprint density at radius 1 is 1.06 bits per heavy atom. The van der Waals surface area contributed by atoms with Gasteiger partial charge in [-0.25, -0.2) is 13.2 Å². The number of halogens is 3. The van der Waals surface area contributed by atoms with Crippen molar-refractivity contribution in [3.63, 3.8) is 0 Å². The Kier molecular flexibility index (Phi) is 5.58. The maximum absolute atomic E-state index is 14.3. The van der Waals surface area contributed by atoms with E-state index in [1.54, 1.807) is 0 Å². The van der Waals surface area contributed by atoms with Crippen molar-refractivity contribution >= 4 is 23.6 Å². The molecule has 162 valence electrons. The van der Waals surface area contributed by atoms with Gasteiger partial charge in [0.05, 0.1) is 10.5 Å². The largest absolute Gasteiger partial charge is 0.326 e. The molecule has 1 saturated heterocycles. The summed E-state index contributed by atoms with van der Waals surface area (Å²) in [5.74, 6) is -4.55. The van der Waals surface area contributed by atoms with Gasteiger partial charge in [-0.15, -0.1) is 0 Å². The molecular weight excluding hydrogens is 415 g/mol. The molecule has 2 aromatic carbocycles. The second kappa shape index (κ2) is 7.86. The van der Waals surface area contributed by atoms with Crippen LogP contribution in [0.2, 0.25) is 0 Å². The molecule has 0 aliphatic carbocycles. The van der Waals surface area contributed by atoms with Crippen molar-refractivity contribution in [1.29, 1.82) is 0 Å². The minimum absolute atomic E-state index is 0.0699. The number of carbonyl (C=O) groups is 2. The molecule has 10 heteroatoms. The number of benzene rings is 2. The molecule has 31 heavy (non-hydrogen) atoms. The lowest BCUT2D eigenvalue weighted by Gasteiger charge is -2.45. The number of carbonyl (C=O) groups excluding carboxylic acids is 2. The standard InChI is InChI=1S/C21H18F3N3O4/c1-21(11-12-4-6-13(22)7-5-12)20(29)25(2)17(19(28)26(21)3)10-14-16(27(30)31)9-8-15(23)18(14)24/h4-10H,11H2,1-3H3/b17-10+. The molecule has 0 aromatic heterocycles. The average molecular weight is 433 g/mol. The molecule has 1 fully saturated rings. The van der Waals surface area contributed by atoms with Crippen LogP contribution in [0.15, 0.2) is 42.1 Å². The van der Waals surface area contributed by atoms with Gasteiger partial charge in [0.15, 0.2) is 11.6 Å². The van der Waals surface area contributed by atoms with Gasteiger partial charge in [-0.1, -0.05) is 12.1 Å². The summed E-state index contributed by atoms with van der Waals surface area (Å²) in [4.78, 5) is 38.6. The SMILES string of the molecule is CN1C(=O)C(C)(Cc2ccc(F)cc2)N(C)C(=O)/C1=C\c1c([N+](=O)[O-])ccc(F)c1F. The second-order valence-corrected chi connectivity index (χ2v) is 7.39. The zero-order valence-corrected chi connectivity index (χ0v) is 16.9. The number of amides is 2. The minimum Gasteiger partial charge on any atom is -0.326 e. The van der Waals surface area contributed by atoms with Crippen molar-refractivity contribution in [1.82, 2.24) is 9.80 Å². The lowest BCUT2D eigenvalue weighted by atomic mass is 9.87. The number of nitro groups is 1. The van der Waals surface area contributed by atoms with Gasteiger partial charge in [0.2, 0.25) is 0 Å². The van der Waals surface area contributed by atoms with Gasteiger partial charge in [0.25, 0.3) is 17.5 Å². The van der Waals surface area contributed by atoms with Crippen molar-refractivity contribution in [3.05, 3.63) is 80.8 Å². The number of nitrogens with zero attached hydrogens (tertiary/aromatic N) is 3. The molecule has 3 rings (SSSR count). The first-order valence-electron chi connectivity index (χ1n) is 9.12. The van der Waals surface area contributed by atoms with Crippen LogP contribution in [-0.4, -0.2) is 46.2 Å². The Morgan fingerprint density at radius 2 is 1.68 bits per heavy atom. The zero-order chi connectivity index (χ0) is 23.1. The highest BCUT2D eigenvalue weighted by Crippen LogP contribution is 2.33. The smallest absolute Gasteiger partial charge is 0.279 e. The van der Waals surface area contributed by atoms with E-state index in [0.29, 0.717) is 11.6 Å². The molecule has 1 aliphatic rings. The van der Waals surface area contributed by atoms with E-state index in [9.17, 15) is 32.9 Å². The fraction of sp³-hybridized carbons (Fsp3) is 0.238. The van der Waals surface area contributed by atoms with Crippen molar-refractivity contribution < 1.29 is 27.7 Å². The van der Waals surface area contributed by atoms with E-state index in [1.165, 1.54) is 45.3 Å². The minimum atomic E-state index is -1.50. The summed E-state index contributed by atoms with van der Waals surface area (Å²) in [6.07, 6.45) is 0.866. The zero-order valence-electron chi connectivity index (χ0n) is 16.9. The van der Waals surface area contributed by atoms with Crippen LogP contribution < -0.4 is 0 Å². The third-order valence-corrected chi connectivity index (χ3v) is 5.44. The summed E-state index contributed by atoms with van der Waals surface area (Å²) in [6, 6.07) is 6.83. The van der Waals surface area contributed by atoms with E-state index in [-0.39, 0.29) is 12.1 Å². The first-order valence-corrected chi connectivity index (χ1v) is 9.12. The fourth-order valence-corrected chi connectivity index (χ4v) is 3.50. The molecule has 7 nitrogen and oxygen atoms in total. The van der Waals surface area contributed by atoms with Crippen LogP contribution in [0.3, 0.4) is 0 Å². The van der Waals surface area contributed by atoms with Crippen LogP contribution in [0.5, 0.6) is 0 Å². The fourth-order valence-electron chi connectivity index (χ4n) is 3.50. The third-order valence-electron chi connectivity index (χ3n) is 5.44. The van der Waals surface area contributed by atoms with Crippen LogP contribution >= 0.6 is 0 Å². The topological polar surface area (TPSA) is 83.8 Å². The summed E-state index contributed by atoms with van der Waals surface area (Å²) < 4.78 is 41.2. The molecule has 0 radical (unpaired) electrons. The van der Waals surface area contributed by atoms with Crippen molar-refractivity contribution in [3.8, 4) is 0 Å². The van der Waals surface area contributed by atoms with Crippen LogP contribution in [-0.2, 0) is 16.0 Å². The molecular formula is C21H18F3N3O4. The van der Waals surface area contributed by atoms with Crippen molar-refractivity contribution in [2.45, 2.75) is 18.9 Å². The first kappa shape index (κ1) is 22.0. The van der Waals surface area contributed by atoms with E-state index < -0.39 is 51.0 Å². The van der Waals surface area contributed by atoms with E-state index in [0.717, 1.165) is 21.9 Å². The van der Waals surface area contributed by atoms with Gasteiger partial charge in [0.1, 0.15) is 17.1 Å². The monoisotopic (exact) mass is 433 g/mol. The van der Waals surface area contributed by atoms with Crippen LogP contribution in [0.4, 0.5) is 18.9 Å². The van der Waals surface area contributed by atoms with Gasteiger partial charge < -0.3 is 9.80 Å². The molecule has 0 saturated carbocycles. The summed E-state index contributed by atoms with van der Waals surface area (Å²) in [5.41, 5.74) is -2.60. The molecule has 2 aromatic rings. The number of nitro benzene ring substituents is 1. The lowest BCUT2D eigenvalue weighted by Crippen LogP contribution is -2.64. The molecule has 1 atom stereocenters. The maximum atomic E-state index is 14.3. The highest BCUT2D eigenvalue weighted by molar-refractivity contribution is 6.09. The number of piperazine rings is 1. The molecule has 0 bridgehead atoms. The van der Waals surface area contributed by atoms with Gasteiger partial charge in [-0.2, -0.15) is 0 Å². The molecule has 0 N–H and O–H groups in total. The predicted octanol–water partition coefficient (Wildman–Crippen LogP) is 3.28. The van der Waals surface area contributed by atoms with Gasteiger partial charge in [-0.3, -0.25) is 19.7 Å². The highest BCUT2D eigenvalue weighted by atomic mass is 19.2. The third kappa shape index (κ3) is 3.76. The molecule has 0 spiro atoms. The first-order chi connectivity index (χ1) is 14.5. The Labute approximate surface area is 175 Å². The van der Waals surface area contributed by atoms with E-state index >= 15 is 0 Å². The van der Waals surface area contributed by atoms with Crippen LogP contribution in [0.25, 0.3) is 6.08 Å². The van der Waals surface area contributed by atoms with E-state index in [1.807, 2.05) is 0 Å². The Balaban J connectivity index is 2.06. The van der Waals surface area contributed by atoms with Gasteiger partial charge >= 0.3 is 0 Å². The quantitative estimate of drug-likeness (QED) is 0.421. The van der Waals surface area contributed by atoms with E-state index in [2.05, 4.69) is 0 Å². The van der Waals surface area contributed by atoms with E-state index in [4.69, 9.17) is 0 Å². The highest BCUT2D eigenvalue weighted by Gasteiger charge is 2.48. The number of hydrogen-bond acceptors (Lipinski definition) is 4. The molecule has 1 unspecified atom stereocenters. The maximum Gasteiger partial charge on any atom is 0.279 e. The van der Waals surface area contributed by atoms with Crippen molar-refractivity contribution in [2.24, 2.45) is 0 Å². The number of rotatable bonds is 4. The lowest BCUT2D eigenvalue weighted by molar-refractivity contribution is -0.385. The summed E-state index contributed by atoms with van der Waals surface area (Å²) in [5, 5.41) is 11.2. The summed E-state index contributed by atoms with van der Waals surface area (Å²) in [7, 11) is 2.63. The second-order valence-electron chi connectivity index (χ2n) is 7.39. The molecule has 1 aliphatic heterocycles. The predicted molar refractivity (Wildman–Crippen MR) is 105 cm³/mol. The van der Waals surface area contributed by atoms with Gasteiger partial charge in [-0.05, 0) is 36.8 Å². The summed E-state index contributed by atoms with van der Waals surface area (Å²) >= 11 is 0. The number of hydrogen-bond donors (Lipinski definition) is 0. The Hall–Kier alpha value is -3.69. The summed E-state index contributed by atoms with van der Waals surface area (Å²) in [6.45, 7) is 1.52. The van der Waals surface area contributed by atoms with Crippen LogP contribution in [0.1, 0.15) is 18.1 Å².